The lowest BCUT2D eigenvalue weighted by Crippen LogP contribution is -2.12. The number of hydrogen-bond acceptors (Lipinski definition) is 2. The first-order valence-electron chi connectivity index (χ1n) is 5.70. The van der Waals surface area contributed by atoms with E-state index < -0.39 is 0 Å². The summed E-state index contributed by atoms with van der Waals surface area (Å²) in [5, 5.41) is 3.33. The molecular formula is C14H13ClN2O. The number of nitrogens with zero attached hydrogens (tertiary/aromatic N) is 1. The molecule has 0 bridgehead atoms. The first-order chi connectivity index (χ1) is 8.75. The number of benzene rings is 1. The van der Waals surface area contributed by atoms with Crippen LogP contribution in [0.3, 0.4) is 0 Å². The summed E-state index contributed by atoms with van der Waals surface area (Å²) >= 11 is 5.96. The molecule has 1 aromatic heterocycles. The number of para-hydroxylation sites is 1. The number of nitrogens with one attached hydrogen (secondary N) is 1. The number of rotatable bonds is 4. The largest absolute Gasteiger partial charge is 0.325 e. The number of pyridine rings is 1. The summed E-state index contributed by atoms with van der Waals surface area (Å²) in [6.07, 6.45) is 2.74. The first-order valence-corrected chi connectivity index (χ1v) is 6.08. The van der Waals surface area contributed by atoms with Gasteiger partial charge in [-0.15, -0.1) is 0 Å². The second kappa shape index (κ2) is 6.17. The predicted octanol–water partition coefficient (Wildman–Crippen LogP) is 3.31. The third-order valence-corrected chi connectivity index (χ3v) is 2.81. The van der Waals surface area contributed by atoms with Crippen LogP contribution in [-0.2, 0) is 11.2 Å². The van der Waals surface area contributed by atoms with E-state index in [1.807, 2.05) is 30.3 Å². The van der Waals surface area contributed by atoms with E-state index in [0.717, 1.165) is 5.69 Å². The molecule has 0 radical (unpaired) electrons. The summed E-state index contributed by atoms with van der Waals surface area (Å²) in [7, 11) is 0. The van der Waals surface area contributed by atoms with E-state index >= 15 is 0 Å². The number of aryl methyl sites for hydroxylation is 1. The Bertz CT molecular complexity index is 528. The maximum absolute atomic E-state index is 11.7. The van der Waals surface area contributed by atoms with E-state index in [0.29, 0.717) is 23.6 Å². The Hall–Kier alpha value is -1.87. The fraction of sp³-hybridized carbons (Fsp3) is 0.143. The highest BCUT2D eigenvalue weighted by molar-refractivity contribution is 6.33. The van der Waals surface area contributed by atoms with Crippen molar-refractivity contribution in [2.24, 2.45) is 0 Å². The lowest BCUT2D eigenvalue weighted by Gasteiger charge is -2.06. The van der Waals surface area contributed by atoms with Crippen molar-refractivity contribution in [2.45, 2.75) is 12.8 Å². The number of hydrogen-bond donors (Lipinski definition) is 1. The molecule has 0 saturated carbocycles. The number of halogens is 1. The summed E-state index contributed by atoms with van der Waals surface area (Å²) in [4.78, 5) is 15.9. The van der Waals surface area contributed by atoms with Crippen LogP contribution in [0.4, 0.5) is 5.69 Å². The molecule has 0 unspecified atom stereocenters. The molecule has 0 spiro atoms. The van der Waals surface area contributed by atoms with Crippen molar-refractivity contribution in [3.05, 3.63) is 59.4 Å². The summed E-state index contributed by atoms with van der Waals surface area (Å²) < 4.78 is 0. The van der Waals surface area contributed by atoms with Gasteiger partial charge in [0.15, 0.2) is 0 Å². The van der Waals surface area contributed by atoms with Gasteiger partial charge < -0.3 is 5.32 Å². The van der Waals surface area contributed by atoms with Crippen LogP contribution in [0.15, 0.2) is 48.7 Å². The molecule has 0 atom stereocenters. The SMILES string of the molecule is O=C(CCc1ccccn1)Nc1ccccc1Cl. The van der Waals surface area contributed by atoms with Crippen LogP contribution in [0.5, 0.6) is 0 Å². The van der Waals surface area contributed by atoms with Crippen molar-refractivity contribution in [1.82, 2.24) is 4.98 Å². The predicted molar refractivity (Wildman–Crippen MR) is 72.6 cm³/mol. The number of carbonyl (C=O) groups is 1. The highest BCUT2D eigenvalue weighted by Gasteiger charge is 2.05. The van der Waals surface area contributed by atoms with E-state index in [-0.39, 0.29) is 5.91 Å². The lowest BCUT2D eigenvalue weighted by molar-refractivity contribution is -0.116. The average molecular weight is 261 g/mol. The summed E-state index contributed by atoms with van der Waals surface area (Å²) in [5.41, 5.74) is 1.55. The van der Waals surface area contributed by atoms with Crippen molar-refractivity contribution in [3.63, 3.8) is 0 Å². The van der Waals surface area contributed by atoms with Crippen LogP contribution >= 0.6 is 11.6 Å². The maximum Gasteiger partial charge on any atom is 0.224 e. The van der Waals surface area contributed by atoms with Gasteiger partial charge >= 0.3 is 0 Å². The zero-order valence-corrected chi connectivity index (χ0v) is 10.5. The second-order valence-electron chi connectivity index (χ2n) is 3.85. The number of carbonyl (C=O) groups excluding carboxylic acids is 1. The van der Waals surface area contributed by atoms with E-state index in [1.54, 1.807) is 18.3 Å². The smallest absolute Gasteiger partial charge is 0.224 e. The minimum absolute atomic E-state index is 0.0613. The highest BCUT2D eigenvalue weighted by Crippen LogP contribution is 2.20. The molecule has 92 valence electrons. The van der Waals surface area contributed by atoms with Gasteiger partial charge in [-0.05, 0) is 30.7 Å². The molecule has 0 aliphatic rings. The quantitative estimate of drug-likeness (QED) is 0.916. The highest BCUT2D eigenvalue weighted by atomic mass is 35.5. The zero-order chi connectivity index (χ0) is 12.8. The van der Waals surface area contributed by atoms with Crippen molar-refractivity contribution in [2.75, 3.05) is 5.32 Å². The van der Waals surface area contributed by atoms with Crippen LogP contribution in [0.2, 0.25) is 5.02 Å². The van der Waals surface area contributed by atoms with Gasteiger partial charge in [0, 0.05) is 18.3 Å². The van der Waals surface area contributed by atoms with Gasteiger partial charge in [-0.25, -0.2) is 0 Å². The van der Waals surface area contributed by atoms with Gasteiger partial charge in [0.05, 0.1) is 10.7 Å². The molecule has 1 heterocycles. The van der Waals surface area contributed by atoms with Crippen molar-refractivity contribution in [1.29, 1.82) is 0 Å². The van der Waals surface area contributed by atoms with Gasteiger partial charge in [0.25, 0.3) is 0 Å². The Morgan fingerprint density at radius 1 is 1.17 bits per heavy atom. The van der Waals surface area contributed by atoms with Gasteiger partial charge in [-0.1, -0.05) is 29.8 Å². The molecule has 18 heavy (non-hydrogen) atoms. The standard InChI is InChI=1S/C14H13ClN2O/c15-12-6-1-2-7-13(12)17-14(18)9-8-11-5-3-4-10-16-11/h1-7,10H,8-9H2,(H,17,18). The molecule has 2 rings (SSSR count). The number of anilines is 1. The van der Waals surface area contributed by atoms with Gasteiger partial charge in [-0.3, -0.25) is 9.78 Å². The average Bonchev–Trinajstić information content (AvgIpc) is 2.40. The fourth-order valence-corrected chi connectivity index (χ4v) is 1.75. The van der Waals surface area contributed by atoms with E-state index in [2.05, 4.69) is 10.3 Å². The molecule has 0 aliphatic heterocycles. The minimum Gasteiger partial charge on any atom is -0.325 e. The number of aromatic nitrogens is 1. The Labute approximate surface area is 111 Å². The normalized spacial score (nSPS) is 10.1. The first kappa shape index (κ1) is 12.6. The van der Waals surface area contributed by atoms with E-state index in [1.165, 1.54) is 0 Å². The van der Waals surface area contributed by atoms with Crippen molar-refractivity contribution < 1.29 is 4.79 Å². The molecule has 1 N–H and O–H groups in total. The van der Waals surface area contributed by atoms with E-state index in [9.17, 15) is 4.79 Å². The van der Waals surface area contributed by atoms with Crippen LogP contribution in [-0.4, -0.2) is 10.9 Å². The maximum atomic E-state index is 11.7. The Morgan fingerprint density at radius 2 is 1.94 bits per heavy atom. The molecular weight excluding hydrogens is 248 g/mol. The Morgan fingerprint density at radius 3 is 2.67 bits per heavy atom. The molecule has 1 aromatic carbocycles. The lowest BCUT2D eigenvalue weighted by atomic mass is 10.2. The monoisotopic (exact) mass is 260 g/mol. The molecule has 3 nitrogen and oxygen atoms in total. The number of amides is 1. The summed E-state index contributed by atoms with van der Waals surface area (Å²) in [5.74, 6) is -0.0613. The van der Waals surface area contributed by atoms with Gasteiger partial charge in [0.1, 0.15) is 0 Å². The fourth-order valence-electron chi connectivity index (χ4n) is 1.56. The summed E-state index contributed by atoms with van der Waals surface area (Å²) in [6, 6.07) is 12.9. The summed E-state index contributed by atoms with van der Waals surface area (Å²) in [6.45, 7) is 0. The third kappa shape index (κ3) is 3.57. The van der Waals surface area contributed by atoms with Crippen LogP contribution < -0.4 is 5.32 Å². The Balaban J connectivity index is 1.88. The molecule has 2 aromatic rings. The van der Waals surface area contributed by atoms with Crippen LogP contribution in [0.25, 0.3) is 0 Å². The molecule has 4 heteroatoms. The van der Waals surface area contributed by atoms with Crippen LogP contribution in [0, 0.1) is 0 Å². The van der Waals surface area contributed by atoms with E-state index in [4.69, 9.17) is 11.6 Å². The van der Waals surface area contributed by atoms with Crippen molar-refractivity contribution in [3.8, 4) is 0 Å². The minimum atomic E-state index is -0.0613. The van der Waals surface area contributed by atoms with Crippen LogP contribution in [0.1, 0.15) is 12.1 Å². The van der Waals surface area contributed by atoms with Crippen molar-refractivity contribution >= 4 is 23.2 Å². The molecule has 0 saturated heterocycles. The molecule has 1 amide bonds. The third-order valence-electron chi connectivity index (χ3n) is 2.48. The molecule has 0 fully saturated rings. The molecule has 0 aliphatic carbocycles. The zero-order valence-electron chi connectivity index (χ0n) is 9.77. The topological polar surface area (TPSA) is 42.0 Å². The second-order valence-corrected chi connectivity index (χ2v) is 4.26. The van der Waals surface area contributed by atoms with Gasteiger partial charge in [-0.2, -0.15) is 0 Å². The Kier molecular flexibility index (Phi) is 4.31. The van der Waals surface area contributed by atoms with Gasteiger partial charge in [0.2, 0.25) is 5.91 Å².